The van der Waals surface area contributed by atoms with Crippen LogP contribution in [0.15, 0.2) is 28.5 Å². The number of halogens is 1. The lowest BCUT2D eigenvalue weighted by atomic mass is 10.2. The Kier molecular flexibility index (Phi) is 4.78. The second-order valence-electron chi connectivity index (χ2n) is 4.05. The average Bonchev–Trinajstić information content (AvgIpc) is 2.37. The molecule has 0 spiro atoms. The van der Waals surface area contributed by atoms with Crippen molar-refractivity contribution in [3.05, 3.63) is 24.3 Å². The molecule has 0 saturated heterocycles. The molecule has 3 N–H and O–H groups in total. The zero-order valence-electron chi connectivity index (χ0n) is 10.5. The molecule has 7 nitrogen and oxygen atoms in total. The van der Waals surface area contributed by atoms with Crippen LogP contribution in [-0.2, 0) is 10.0 Å². The lowest BCUT2D eigenvalue weighted by Crippen LogP contribution is -2.36. The quantitative estimate of drug-likeness (QED) is 0.349. The minimum atomic E-state index is -3.86. The fourth-order valence-corrected chi connectivity index (χ4v) is 2.62. The maximum Gasteiger partial charge on any atom is 0.244 e. The highest BCUT2D eigenvalue weighted by atomic mass is 32.2. The molecule has 1 atom stereocenters. The normalized spacial score (nSPS) is 14.6. The second-order valence-corrected chi connectivity index (χ2v) is 6.10. The zero-order valence-corrected chi connectivity index (χ0v) is 11.3. The molecular formula is C10H15FN4O3S. The van der Waals surface area contributed by atoms with Crippen molar-refractivity contribution in [3.63, 3.8) is 0 Å². The molecule has 106 valence electrons. The number of nitrogens with zero attached hydrogens (tertiary/aromatic N) is 3. The summed E-state index contributed by atoms with van der Waals surface area (Å²) in [6.45, 7) is 1.60. The van der Waals surface area contributed by atoms with Crippen molar-refractivity contribution in [1.29, 1.82) is 0 Å². The monoisotopic (exact) mass is 290 g/mol. The summed E-state index contributed by atoms with van der Waals surface area (Å²) in [5, 5.41) is 11.3. The molecule has 1 aromatic rings. The van der Waals surface area contributed by atoms with Crippen LogP contribution in [0.25, 0.3) is 0 Å². The molecule has 1 rings (SSSR count). The standard InChI is InChI=1S/C10H15FN4O3S/c1-7(10(12)14-16)6-15(2)19(17,18)9-3-8(11)4-13-5-9/h3-5,7,16H,6H2,1-2H3,(H2,12,14). The molecule has 1 aromatic heterocycles. The number of hydrogen-bond acceptors (Lipinski definition) is 5. The highest BCUT2D eigenvalue weighted by Gasteiger charge is 2.24. The first-order chi connectivity index (χ1) is 8.78. The molecule has 9 heteroatoms. The van der Waals surface area contributed by atoms with Gasteiger partial charge in [0.1, 0.15) is 16.5 Å². The van der Waals surface area contributed by atoms with E-state index in [0.717, 1.165) is 22.8 Å². The SMILES string of the molecule is CC(CN(C)S(=O)(=O)c1cncc(F)c1)C(N)=NO. The summed E-state index contributed by atoms with van der Waals surface area (Å²) < 4.78 is 38.2. The molecule has 0 bridgehead atoms. The van der Waals surface area contributed by atoms with E-state index in [1.165, 1.54) is 7.05 Å². The van der Waals surface area contributed by atoms with Gasteiger partial charge in [-0.3, -0.25) is 4.98 Å². The van der Waals surface area contributed by atoms with Gasteiger partial charge in [-0.05, 0) is 6.07 Å². The molecule has 0 aromatic carbocycles. The second kappa shape index (κ2) is 5.93. The smallest absolute Gasteiger partial charge is 0.244 e. The van der Waals surface area contributed by atoms with E-state index >= 15 is 0 Å². The van der Waals surface area contributed by atoms with Gasteiger partial charge in [0.2, 0.25) is 10.0 Å². The number of rotatable bonds is 5. The number of hydrogen-bond donors (Lipinski definition) is 2. The zero-order chi connectivity index (χ0) is 14.6. The summed E-state index contributed by atoms with van der Waals surface area (Å²) in [4.78, 5) is 3.25. The van der Waals surface area contributed by atoms with E-state index < -0.39 is 21.8 Å². The van der Waals surface area contributed by atoms with Gasteiger partial charge in [0.25, 0.3) is 0 Å². The van der Waals surface area contributed by atoms with Crippen LogP contribution in [0.3, 0.4) is 0 Å². The van der Waals surface area contributed by atoms with Crippen LogP contribution in [0.4, 0.5) is 4.39 Å². The first-order valence-corrected chi connectivity index (χ1v) is 6.77. The van der Waals surface area contributed by atoms with E-state index in [2.05, 4.69) is 10.1 Å². The number of aromatic nitrogens is 1. The van der Waals surface area contributed by atoms with Crippen LogP contribution in [0.5, 0.6) is 0 Å². The van der Waals surface area contributed by atoms with Crippen molar-refractivity contribution in [3.8, 4) is 0 Å². The van der Waals surface area contributed by atoms with Crippen LogP contribution in [-0.4, -0.2) is 42.3 Å². The summed E-state index contributed by atoms with van der Waals surface area (Å²) in [6.07, 6.45) is 1.97. The van der Waals surface area contributed by atoms with E-state index in [0.29, 0.717) is 0 Å². The molecule has 0 aliphatic carbocycles. The summed E-state index contributed by atoms with van der Waals surface area (Å²) >= 11 is 0. The Balaban J connectivity index is 2.95. The predicted octanol–water partition coefficient (Wildman–Crippen LogP) is 0.224. The van der Waals surface area contributed by atoms with Gasteiger partial charge in [-0.15, -0.1) is 0 Å². The molecule has 0 amide bonds. The average molecular weight is 290 g/mol. The number of oxime groups is 1. The van der Waals surface area contributed by atoms with E-state index in [-0.39, 0.29) is 17.3 Å². The third kappa shape index (κ3) is 3.61. The Morgan fingerprint density at radius 2 is 2.26 bits per heavy atom. The van der Waals surface area contributed by atoms with Crippen molar-refractivity contribution in [2.24, 2.45) is 16.8 Å². The maximum absolute atomic E-state index is 13.0. The summed E-state index contributed by atoms with van der Waals surface area (Å²) in [7, 11) is -2.54. The number of nitrogens with two attached hydrogens (primary N) is 1. The topological polar surface area (TPSA) is 109 Å². The largest absolute Gasteiger partial charge is 0.409 e. The van der Waals surface area contributed by atoms with Crippen LogP contribution in [0.2, 0.25) is 0 Å². The number of amidine groups is 1. The predicted molar refractivity (Wildman–Crippen MR) is 66.6 cm³/mol. The molecular weight excluding hydrogens is 275 g/mol. The van der Waals surface area contributed by atoms with E-state index in [1.807, 2.05) is 0 Å². The maximum atomic E-state index is 13.0. The van der Waals surface area contributed by atoms with Gasteiger partial charge in [-0.1, -0.05) is 12.1 Å². The highest BCUT2D eigenvalue weighted by molar-refractivity contribution is 7.89. The van der Waals surface area contributed by atoms with Crippen molar-refractivity contribution in [2.45, 2.75) is 11.8 Å². The summed E-state index contributed by atoms with van der Waals surface area (Å²) in [6, 6.07) is 0.882. The molecule has 0 fully saturated rings. The Morgan fingerprint density at radius 3 is 2.79 bits per heavy atom. The Morgan fingerprint density at radius 1 is 1.63 bits per heavy atom. The Labute approximate surface area is 110 Å². The van der Waals surface area contributed by atoms with Gasteiger partial charge < -0.3 is 10.9 Å². The molecule has 0 aliphatic heterocycles. The van der Waals surface area contributed by atoms with Crippen molar-refractivity contribution in [2.75, 3.05) is 13.6 Å². The van der Waals surface area contributed by atoms with Gasteiger partial charge in [-0.25, -0.2) is 17.1 Å². The van der Waals surface area contributed by atoms with Gasteiger partial charge in [-0.2, -0.15) is 0 Å². The van der Waals surface area contributed by atoms with Crippen LogP contribution in [0.1, 0.15) is 6.92 Å². The highest BCUT2D eigenvalue weighted by Crippen LogP contribution is 2.15. The molecule has 0 aliphatic rings. The Hall–Kier alpha value is -1.74. The molecule has 1 unspecified atom stereocenters. The van der Waals surface area contributed by atoms with Crippen LogP contribution in [0, 0.1) is 11.7 Å². The Bertz CT molecular complexity index is 576. The lowest BCUT2D eigenvalue weighted by molar-refractivity contribution is 0.312. The van der Waals surface area contributed by atoms with Crippen molar-refractivity contribution >= 4 is 15.9 Å². The van der Waals surface area contributed by atoms with Gasteiger partial charge in [0, 0.05) is 25.7 Å². The molecule has 19 heavy (non-hydrogen) atoms. The van der Waals surface area contributed by atoms with E-state index in [9.17, 15) is 12.8 Å². The summed E-state index contributed by atoms with van der Waals surface area (Å²) in [5.74, 6) is -1.30. The van der Waals surface area contributed by atoms with Gasteiger partial charge in [0.05, 0.1) is 6.20 Å². The fourth-order valence-electron chi connectivity index (χ4n) is 1.39. The molecule has 1 heterocycles. The first kappa shape index (κ1) is 15.3. The fraction of sp³-hybridized carbons (Fsp3) is 0.400. The van der Waals surface area contributed by atoms with Crippen molar-refractivity contribution in [1.82, 2.24) is 9.29 Å². The van der Waals surface area contributed by atoms with Gasteiger partial charge >= 0.3 is 0 Å². The van der Waals surface area contributed by atoms with E-state index in [1.54, 1.807) is 6.92 Å². The summed E-state index contributed by atoms with van der Waals surface area (Å²) in [5.41, 5.74) is 5.38. The number of pyridine rings is 1. The third-order valence-corrected chi connectivity index (χ3v) is 4.33. The van der Waals surface area contributed by atoms with Crippen molar-refractivity contribution < 1.29 is 18.0 Å². The molecule has 0 saturated carbocycles. The van der Waals surface area contributed by atoms with Gasteiger partial charge in [0.15, 0.2) is 0 Å². The lowest BCUT2D eigenvalue weighted by Gasteiger charge is -2.20. The molecule has 0 radical (unpaired) electrons. The van der Waals surface area contributed by atoms with E-state index in [4.69, 9.17) is 10.9 Å². The van der Waals surface area contributed by atoms with Crippen LogP contribution >= 0.6 is 0 Å². The minimum Gasteiger partial charge on any atom is -0.409 e. The minimum absolute atomic E-state index is 0.00522. The first-order valence-electron chi connectivity index (χ1n) is 5.33. The van der Waals surface area contributed by atoms with Crippen LogP contribution < -0.4 is 5.73 Å². The third-order valence-electron chi connectivity index (χ3n) is 2.54. The number of sulfonamides is 1.